The van der Waals surface area contributed by atoms with Gasteiger partial charge in [-0.2, -0.15) is 18.3 Å². The van der Waals surface area contributed by atoms with Crippen molar-refractivity contribution in [1.82, 2.24) is 14.6 Å². The van der Waals surface area contributed by atoms with Gasteiger partial charge in [-0.05, 0) is 36.4 Å². The van der Waals surface area contributed by atoms with Gasteiger partial charge in [0.25, 0.3) is 12.3 Å². The Morgan fingerprint density at radius 3 is 2.42 bits per heavy atom. The molecular formula is C21H13F6N5O3S. The molecule has 0 aliphatic carbocycles. The molecule has 0 aliphatic rings. The molecule has 2 heterocycles. The van der Waals surface area contributed by atoms with Gasteiger partial charge in [0.05, 0.1) is 22.3 Å². The second-order valence-corrected chi connectivity index (χ2v) is 8.94. The number of fused-ring (bicyclic) bond motifs is 1. The topological polar surface area (TPSA) is 119 Å². The molecule has 36 heavy (non-hydrogen) atoms. The number of nitrogens with one attached hydrogen (secondary N) is 1. The number of hydrogen-bond donors (Lipinski definition) is 2. The fourth-order valence-electron chi connectivity index (χ4n) is 3.30. The minimum absolute atomic E-state index is 0.000855. The molecule has 0 saturated heterocycles. The van der Waals surface area contributed by atoms with E-state index in [4.69, 9.17) is 5.14 Å². The van der Waals surface area contributed by atoms with Crippen molar-refractivity contribution in [2.24, 2.45) is 5.14 Å². The Kier molecular flexibility index (Phi) is 6.22. The van der Waals surface area contributed by atoms with E-state index in [1.165, 1.54) is 18.2 Å². The summed E-state index contributed by atoms with van der Waals surface area (Å²) in [7, 11) is -4.08. The third-order valence-electron chi connectivity index (χ3n) is 4.96. The summed E-state index contributed by atoms with van der Waals surface area (Å²) in [5.41, 5.74) is -3.62. The number of alkyl halides is 5. The number of hydrogen-bond acceptors (Lipinski definition) is 5. The zero-order valence-corrected chi connectivity index (χ0v) is 18.4. The van der Waals surface area contributed by atoms with Gasteiger partial charge in [-0.15, -0.1) is 0 Å². The first kappa shape index (κ1) is 25.1. The molecule has 8 nitrogen and oxygen atoms in total. The Morgan fingerprint density at radius 2 is 1.81 bits per heavy atom. The van der Waals surface area contributed by atoms with Crippen LogP contribution in [-0.4, -0.2) is 28.9 Å². The van der Waals surface area contributed by atoms with Gasteiger partial charge in [0.1, 0.15) is 17.1 Å². The molecule has 0 aliphatic heterocycles. The highest BCUT2D eigenvalue weighted by molar-refractivity contribution is 7.89. The molecule has 15 heteroatoms. The lowest BCUT2D eigenvalue weighted by Crippen LogP contribution is -2.15. The highest BCUT2D eigenvalue weighted by atomic mass is 32.2. The van der Waals surface area contributed by atoms with Crippen LogP contribution in [0.15, 0.2) is 59.6 Å². The number of amides is 1. The third kappa shape index (κ3) is 4.87. The molecule has 3 N–H and O–H groups in total. The molecule has 2 aromatic heterocycles. The Morgan fingerprint density at radius 1 is 1.08 bits per heavy atom. The van der Waals surface area contributed by atoms with E-state index in [0.29, 0.717) is 16.6 Å². The second-order valence-electron chi connectivity index (χ2n) is 7.38. The van der Waals surface area contributed by atoms with Crippen LogP contribution < -0.4 is 10.5 Å². The van der Waals surface area contributed by atoms with Crippen LogP contribution in [0.5, 0.6) is 0 Å². The van der Waals surface area contributed by atoms with Crippen molar-refractivity contribution in [3.8, 4) is 11.3 Å². The average molecular weight is 529 g/mol. The summed E-state index contributed by atoms with van der Waals surface area (Å²) in [6.07, 6.45) is -7.19. The van der Waals surface area contributed by atoms with Crippen LogP contribution in [0.1, 0.15) is 28.0 Å². The Bertz CT molecular complexity index is 1600. The standard InChI is InChI=1S/C21H13F6N5O3S/c22-15-6-10(4-5-14(15)21(25,26)27)16-8-17(18(23)24)32-19(31-16)13(9-29-32)20(33)30-11-2-1-3-12(7-11)36(28,34)35/h1-9,18H,(H,30,33)(H2,28,34,35). The maximum absolute atomic E-state index is 14.1. The van der Waals surface area contributed by atoms with Crippen LogP contribution >= 0.6 is 0 Å². The number of rotatable bonds is 5. The summed E-state index contributed by atoms with van der Waals surface area (Å²) >= 11 is 0. The van der Waals surface area contributed by atoms with Crippen LogP contribution in [-0.2, 0) is 16.2 Å². The van der Waals surface area contributed by atoms with Crippen molar-refractivity contribution in [2.75, 3.05) is 5.32 Å². The highest BCUT2D eigenvalue weighted by Crippen LogP contribution is 2.34. The molecule has 4 rings (SSSR count). The number of primary sulfonamides is 1. The van der Waals surface area contributed by atoms with Crippen molar-refractivity contribution >= 4 is 27.3 Å². The first-order chi connectivity index (χ1) is 16.8. The van der Waals surface area contributed by atoms with Crippen molar-refractivity contribution in [2.45, 2.75) is 17.5 Å². The van der Waals surface area contributed by atoms with Gasteiger partial charge >= 0.3 is 6.18 Å². The second kappa shape index (κ2) is 8.91. The first-order valence-electron chi connectivity index (χ1n) is 9.74. The summed E-state index contributed by atoms with van der Waals surface area (Å²) in [4.78, 5) is 16.6. The van der Waals surface area contributed by atoms with Crippen LogP contribution in [0.4, 0.5) is 32.0 Å². The molecule has 2 aromatic carbocycles. The lowest BCUT2D eigenvalue weighted by molar-refractivity contribution is -0.139. The quantitative estimate of drug-likeness (QED) is 0.372. The molecule has 0 spiro atoms. The predicted octanol–water partition coefficient (Wildman–Crippen LogP) is 4.39. The highest BCUT2D eigenvalue weighted by Gasteiger charge is 2.34. The first-order valence-corrected chi connectivity index (χ1v) is 11.3. The van der Waals surface area contributed by atoms with Crippen LogP contribution in [0.2, 0.25) is 0 Å². The van der Waals surface area contributed by atoms with Crippen molar-refractivity contribution in [1.29, 1.82) is 0 Å². The lowest BCUT2D eigenvalue weighted by atomic mass is 10.1. The van der Waals surface area contributed by atoms with E-state index in [0.717, 1.165) is 24.4 Å². The van der Waals surface area contributed by atoms with Gasteiger partial charge in [-0.3, -0.25) is 4.79 Å². The van der Waals surface area contributed by atoms with Gasteiger partial charge in [-0.25, -0.2) is 36.2 Å². The molecule has 1 amide bonds. The number of carbonyl (C=O) groups is 1. The van der Waals surface area contributed by atoms with Crippen molar-refractivity contribution < 1.29 is 39.6 Å². The Labute approximate surface area is 198 Å². The number of aromatic nitrogens is 3. The van der Waals surface area contributed by atoms with E-state index in [1.54, 1.807) is 0 Å². The van der Waals surface area contributed by atoms with Gasteiger partial charge in [0, 0.05) is 11.3 Å². The number of carbonyl (C=O) groups excluding carboxylic acids is 1. The largest absolute Gasteiger partial charge is 0.419 e. The number of halogens is 6. The maximum atomic E-state index is 14.1. The Balaban J connectivity index is 1.79. The van der Waals surface area contributed by atoms with Gasteiger partial charge in [-0.1, -0.05) is 12.1 Å². The summed E-state index contributed by atoms with van der Waals surface area (Å²) in [5, 5.41) is 11.2. The maximum Gasteiger partial charge on any atom is 0.419 e. The molecule has 0 atom stereocenters. The van der Waals surface area contributed by atoms with Crippen molar-refractivity contribution in [3.63, 3.8) is 0 Å². The van der Waals surface area contributed by atoms with Gasteiger partial charge in [0.15, 0.2) is 5.65 Å². The summed E-state index contributed by atoms with van der Waals surface area (Å²) < 4.78 is 104. The number of nitrogens with zero attached hydrogens (tertiary/aromatic N) is 3. The summed E-state index contributed by atoms with van der Waals surface area (Å²) in [5.74, 6) is -2.55. The van der Waals surface area contributed by atoms with E-state index in [-0.39, 0.29) is 27.4 Å². The van der Waals surface area contributed by atoms with E-state index in [1.807, 2.05) is 0 Å². The fourth-order valence-corrected chi connectivity index (χ4v) is 3.86. The smallest absolute Gasteiger partial charge is 0.322 e. The van der Waals surface area contributed by atoms with E-state index >= 15 is 0 Å². The van der Waals surface area contributed by atoms with Gasteiger partial charge in [0.2, 0.25) is 10.0 Å². The SMILES string of the molecule is NS(=O)(=O)c1cccc(NC(=O)c2cnn3c(C(F)F)cc(-c4ccc(C(F)(F)F)c(F)c4)nc23)c1. The number of anilines is 1. The Hall–Kier alpha value is -3.98. The molecule has 4 aromatic rings. The third-order valence-corrected chi connectivity index (χ3v) is 5.87. The summed E-state index contributed by atoms with van der Waals surface area (Å²) in [6.45, 7) is 0. The number of benzene rings is 2. The molecule has 0 saturated carbocycles. The zero-order valence-electron chi connectivity index (χ0n) is 17.6. The molecule has 0 fully saturated rings. The van der Waals surface area contributed by atoms with E-state index in [2.05, 4.69) is 15.4 Å². The fraction of sp³-hybridized carbons (Fsp3) is 0.0952. The lowest BCUT2D eigenvalue weighted by Gasteiger charge is -2.11. The molecule has 0 bridgehead atoms. The van der Waals surface area contributed by atoms with E-state index in [9.17, 15) is 39.6 Å². The normalized spacial score (nSPS) is 12.3. The molecule has 0 radical (unpaired) electrons. The molecular weight excluding hydrogens is 516 g/mol. The van der Waals surface area contributed by atoms with Crippen molar-refractivity contribution in [3.05, 3.63) is 77.4 Å². The molecule has 0 unspecified atom stereocenters. The zero-order chi connectivity index (χ0) is 26.4. The average Bonchev–Trinajstić information content (AvgIpc) is 3.21. The van der Waals surface area contributed by atoms with Crippen LogP contribution in [0.3, 0.4) is 0 Å². The monoisotopic (exact) mass is 529 g/mol. The van der Waals surface area contributed by atoms with Gasteiger partial charge < -0.3 is 5.32 Å². The minimum Gasteiger partial charge on any atom is -0.322 e. The molecule has 188 valence electrons. The van der Waals surface area contributed by atoms with Crippen LogP contribution in [0, 0.1) is 5.82 Å². The number of nitrogens with two attached hydrogens (primary N) is 1. The van der Waals surface area contributed by atoms with E-state index < -0.39 is 51.3 Å². The minimum atomic E-state index is -4.97. The van der Waals surface area contributed by atoms with Crippen LogP contribution in [0.25, 0.3) is 16.9 Å². The predicted molar refractivity (Wildman–Crippen MR) is 114 cm³/mol. The number of sulfonamides is 1. The summed E-state index contributed by atoms with van der Waals surface area (Å²) in [6, 6.07) is 7.49.